The number of benzene rings is 2. The van der Waals surface area contributed by atoms with Gasteiger partial charge >= 0.3 is 6.61 Å². The third-order valence-electron chi connectivity index (χ3n) is 3.02. The van der Waals surface area contributed by atoms with Gasteiger partial charge in [0.15, 0.2) is 5.11 Å². The number of ether oxygens (including phenoxy) is 1. The summed E-state index contributed by atoms with van der Waals surface area (Å²) in [6, 6.07) is 12.3. The minimum Gasteiger partial charge on any atom is -0.435 e. The molecule has 0 aromatic heterocycles. The van der Waals surface area contributed by atoms with Gasteiger partial charge in [-0.15, -0.1) is 0 Å². The van der Waals surface area contributed by atoms with Crippen molar-refractivity contribution in [2.24, 2.45) is 0 Å². The SMILES string of the molecule is Cc1cc(NC(=S)NCc2ccc(OC(F)F)cc2)ccc1Br. The molecule has 0 saturated carbocycles. The van der Waals surface area contributed by atoms with E-state index in [1.165, 1.54) is 12.1 Å². The molecule has 2 N–H and O–H groups in total. The predicted molar refractivity (Wildman–Crippen MR) is 95.0 cm³/mol. The average Bonchev–Trinajstić information content (AvgIpc) is 2.50. The number of hydrogen-bond acceptors (Lipinski definition) is 2. The number of alkyl halides is 2. The number of hydrogen-bond donors (Lipinski definition) is 2. The first-order chi connectivity index (χ1) is 10.9. The lowest BCUT2D eigenvalue weighted by atomic mass is 10.2. The van der Waals surface area contributed by atoms with Crippen molar-refractivity contribution in [3.05, 3.63) is 58.1 Å². The van der Waals surface area contributed by atoms with Gasteiger partial charge in [0.1, 0.15) is 5.75 Å². The molecule has 0 unspecified atom stereocenters. The molecule has 3 nitrogen and oxygen atoms in total. The first-order valence-electron chi connectivity index (χ1n) is 6.79. The van der Waals surface area contributed by atoms with E-state index in [1.54, 1.807) is 12.1 Å². The van der Waals surface area contributed by atoms with Crippen LogP contribution in [0, 0.1) is 6.92 Å². The van der Waals surface area contributed by atoms with Gasteiger partial charge in [0.2, 0.25) is 0 Å². The highest BCUT2D eigenvalue weighted by Crippen LogP contribution is 2.20. The van der Waals surface area contributed by atoms with Crippen LogP contribution in [0.1, 0.15) is 11.1 Å². The van der Waals surface area contributed by atoms with Crippen LogP contribution in [-0.4, -0.2) is 11.7 Å². The molecule has 0 heterocycles. The van der Waals surface area contributed by atoms with Crippen molar-refractivity contribution in [1.29, 1.82) is 0 Å². The van der Waals surface area contributed by atoms with Crippen molar-refractivity contribution in [2.45, 2.75) is 20.1 Å². The first-order valence-corrected chi connectivity index (χ1v) is 7.99. The normalized spacial score (nSPS) is 10.5. The molecule has 0 bridgehead atoms. The van der Waals surface area contributed by atoms with Crippen LogP contribution in [0.5, 0.6) is 5.75 Å². The van der Waals surface area contributed by atoms with Crippen molar-refractivity contribution in [2.75, 3.05) is 5.32 Å². The summed E-state index contributed by atoms with van der Waals surface area (Å²) >= 11 is 8.68. The fourth-order valence-electron chi connectivity index (χ4n) is 1.87. The first kappa shape index (κ1) is 17.6. The van der Waals surface area contributed by atoms with Gasteiger partial charge < -0.3 is 15.4 Å². The van der Waals surface area contributed by atoms with Crippen LogP contribution < -0.4 is 15.4 Å². The molecule has 0 aliphatic carbocycles. The van der Waals surface area contributed by atoms with Crippen molar-refractivity contribution in [3.8, 4) is 5.75 Å². The van der Waals surface area contributed by atoms with Crippen LogP contribution in [0.4, 0.5) is 14.5 Å². The van der Waals surface area contributed by atoms with Gasteiger partial charge in [-0.25, -0.2) is 0 Å². The fourth-order valence-corrected chi connectivity index (χ4v) is 2.31. The summed E-state index contributed by atoms with van der Waals surface area (Å²) in [5.74, 6) is 0.134. The Kier molecular flexibility index (Phi) is 6.29. The van der Waals surface area contributed by atoms with E-state index in [0.29, 0.717) is 11.7 Å². The maximum absolute atomic E-state index is 12.1. The van der Waals surface area contributed by atoms with Gasteiger partial charge in [-0.1, -0.05) is 28.1 Å². The molecule has 0 spiro atoms. The van der Waals surface area contributed by atoms with Gasteiger partial charge in [0.25, 0.3) is 0 Å². The predicted octanol–water partition coefficient (Wildman–Crippen LogP) is 4.85. The molecule has 0 aliphatic rings. The second kappa shape index (κ2) is 8.21. The largest absolute Gasteiger partial charge is 0.435 e. The Morgan fingerprint density at radius 2 is 1.91 bits per heavy atom. The Balaban J connectivity index is 1.85. The van der Waals surface area contributed by atoms with Crippen LogP contribution in [0.15, 0.2) is 46.9 Å². The zero-order chi connectivity index (χ0) is 16.8. The van der Waals surface area contributed by atoms with Gasteiger partial charge in [0, 0.05) is 16.7 Å². The van der Waals surface area contributed by atoms with Crippen LogP contribution in [-0.2, 0) is 6.54 Å². The summed E-state index contributed by atoms with van der Waals surface area (Å²) in [4.78, 5) is 0. The molecule has 7 heteroatoms. The number of thiocarbonyl (C=S) groups is 1. The van der Waals surface area contributed by atoms with Crippen LogP contribution in [0.3, 0.4) is 0 Å². The maximum Gasteiger partial charge on any atom is 0.387 e. The Hall–Kier alpha value is -1.73. The molecule has 0 aliphatic heterocycles. The molecule has 2 rings (SSSR count). The van der Waals surface area contributed by atoms with Crippen LogP contribution >= 0.6 is 28.1 Å². The highest BCUT2D eigenvalue weighted by atomic mass is 79.9. The molecule has 2 aromatic carbocycles. The summed E-state index contributed by atoms with van der Waals surface area (Å²) in [5.41, 5.74) is 2.90. The van der Waals surface area contributed by atoms with Crippen molar-refractivity contribution >= 4 is 38.9 Å². The Labute approximate surface area is 147 Å². The molecule has 0 amide bonds. The van der Waals surface area contributed by atoms with E-state index in [4.69, 9.17) is 12.2 Å². The molecule has 122 valence electrons. The molecule has 23 heavy (non-hydrogen) atoms. The highest BCUT2D eigenvalue weighted by Gasteiger charge is 2.04. The molecule has 0 saturated heterocycles. The molecular formula is C16H15BrF2N2OS. The zero-order valence-corrected chi connectivity index (χ0v) is 14.7. The van der Waals surface area contributed by atoms with Crippen LogP contribution in [0.25, 0.3) is 0 Å². The van der Waals surface area contributed by atoms with E-state index in [9.17, 15) is 8.78 Å². The van der Waals surface area contributed by atoms with E-state index in [2.05, 4.69) is 31.3 Å². The van der Waals surface area contributed by atoms with Gasteiger partial charge in [0.05, 0.1) is 0 Å². The fraction of sp³-hybridized carbons (Fsp3) is 0.188. The Morgan fingerprint density at radius 3 is 2.52 bits per heavy atom. The minimum absolute atomic E-state index is 0.134. The molecule has 0 fully saturated rings. The lowest BCUT2D eigenvalue weighted by Gasteiger charge is -2.12. The lowest BCUT2D eigenvalue weighted by molar-refractivity contribution is -0.0498. The third kappa shape index (κ3) is 5.76. The molecular weight excluding hydrogens is 386 g/mol. The van der Waals surface area contributed by atoms with Crippen molar-refractivity contribution in [1.82, 2.24) is 5.32 Å². The van der Waals surface area contributed by atoms with E-state index in [1.807, 2.05) is 25.1 Å². The standard InChI is InChI=1S/C16H15BrF2N2OS/c1-10-8-12(4-7-14(10)17)21-16(23)20-9-11-2-5-13(6-3-11)22-15(18)19/h2-8,15H,9H2,1H3,(H2,20,21,23). The molecule has 2 aromatic rings. The molecule has 0 radical (unpaired) electrons. The lowest BCUT2D eigenvalue weighted by Crippen LogP contribution is -2.27. The number of nitrogens with one attached hydrogen (secondary N) is 2. The van der Waals surface area contributed by atoms with Crippen LogP contribution in [0.2, 0.25) is 0 Å². The number of aryl methyl sites for hydroxylation is 1. The van der Waals surface area contributed by atoms with E-state index in [0.717, 1.165) is 21.3 Å². The minimum atomic E-state index is -2.81. The average molecular weight is 401 g/mol. The number of rotatable bonds is 5. The van der Waals surface area contributed by atoms with E-state index < -0.39 is 6.61 Å². The molecule has 0 atom stereocenters. The Bertz CT molecular complexity index is 680. The summed E-state index contributed by atoms with van der Waals surface area (Å²) in [6.07, 6.45) is 0. The van der Waals surface area contributed by atoms with Crippen molar-refractivity contribution in [3.63, 3.8) is 0 Å². The second-order valence-corrected chi connectivity index (χ2v) is 6.06. The summed E-state index contributed by atoms with van der Waals surface area (Å²) in [6.45, 7) is -0.337. The number of halogens is 3. The summed E-state index contributed by atoms with van der Waals surface area (Å²) in [5, 5.41) is 6.64. The summed E-state index contributed by atoms with van der Waals surface area (Å²) in [7, 11) is 0. The maximum atomic E-state index is 12.1. The summed E-state index contributed by atoms with van der Waals surface area (Å²) < 4.78 is 29.5. The van der Waals surface area contributed by atoms with Crippen molar-refractivity contribution < 1.29 is 13.5 Å². The smallest absolute Gasteiger partial charge is 0.387 e. The zero-order valence-electron chi connectivity index (χ0n) is 12.3. The second-order valence-electron chi connectivity index (χ2n) is 4.79. The topological polar surface area (TPSA) is 33.3 Å². The van der Waals surface area contributed by atoms with Gasteiger partial charge in [-0.3, -0.25) is 0 Å². The van der Waals surface area contributed by atoms with E-state index in [-0.39, 0.29) is 5.75 Å². The quantitative estimate of drug-likeness (QED) is 0.703. The Morgan fingerprint density at radius 1 is 1.22 bits per heavy atom. The third-order valence-corrected chi connectivity index (χ3v) is 4.15. The number of anilines is 1. The van der Waals surface area contributed by atoms with E-state index >= 15 is 0 Å². The monoisotopic (exact) mass is 400 g/mol. The van der Waals surface area contributed by atoms with Gasteiger partial charge in [-0.2, -0.15) is 8.78 Å². The highest BCUT2D eigenvalue weighted by molar-refractivity contribution is 9.10. The van der Waals surface area contributed by atoms with Gasteiger partial charge in [-0.05, 0) is 60.6 Å².